The van der Waals surface area contributed by atoms with Crippen LogP contribution in [-0.4, -0.2) is 27.5 Å². The molecular formula is C28H22ClFN2O3. The smallest absolute Gasteiger partial charge is 0.335 e. The largest absolute Gasteiger partial charge is 0.478 e. The third-order valence-electron chi connectivity index (χ3n) is 5.94. The minimum Gasteiger partial charge on any atom is -0.478 e. The molecule has 1 atom stereocenters. The number of pyridine rings is 1. The quantitative estimate of drug-likeness (QED) is 0.123. The molecule has 5 nitrogen and oxygen atoms in total. The van der Waals surface area contributed by atoms with E-state index in [0.717, 1.165) is 22.3 Å². The summed E-state index contributed by atoms with van der Waals surface area (Å²) in [7, 11) is 0. The molecule has 0 saturated carbocycles. The van der Waals surface area contributed by atoms with Crippen LogP contribution in [0.25, 0.3) is 11.1 Å². The number of hydrogen-bond donors (Lipinski definition) is 2. The van der Waals surface area contributed by atoms with Gasteiger partial charge >= 0.3 is 5.97 Å². The molecule has 35 heavy (non-hydrogen) atoms. The third kappa shape index (κ3) is 5.73. The number of aryl methyl sites for hydroxylation is 1. The molecule has 4 rings (SSSR count). The molecule has 1 heterocycles. The van der Waals surface area contributed by atoms with Gasteiger partial charge in [-0.15, -0.1) is 0 Å². The van der Waals surface area contributed by atoms with Crippen LogP contribution in [0.5, 0.6) is 0 Å². The zero-order valence-electron chi connectivity index (χ0n) is 18.6. The Hall–Kier alpha value is -4.03. The van der Waals surface area contributed by atoms with E-state index in [1.165, 1.54) is 18.5 Å². The van der Waals surface area contributed by atoms with Crippen molar-refractivity contribution in [2.45, 2.75) is 18.8 Å². The van der Waals surface area contributed by atoms with Gasteiger partial charge < -0.3 is 10.3 Å². The number of oxime groups is 1. The van der Waals surface area contributed by atoms with Gasteiger partial charge in [0.1, 0.15) is 0 Å². The van der Waals surface area contributed by atoms with Gasteiger partial charge in [-0.05, 0) is 64.4 Å². The first-order valence-electron chi connectivity index (χ1n) is 11.0. The minimum atomic E-state index is -0.956. The lowest BCUT2D eigenvalue weighted by atomic mass is 9.84. The van der Waals surface area contributed by atoms with Crippen LogP contribution in [0.1, 0.15) is 45.0 Å². The van der Waals surface area contributed by atoms with Crippen LogP contribution < -0.4 is 0 Å². The average molecular weight is 489 g/mol. The number of aromatic nitrogens is 1. The van der Waals surface area contributed by atoms with Crippen LogP contribution in [0.3, 0.4) is 0 Å². The Balaban J connectivity index is 1.60. The summed E-state index contributed by atoms with van der Waals surface area (Å²) in [5.74, 6) is -1.82. The molecule has 0 amide bonds. The van der Waals surface area contributed by atoms with Crippen molar-refractivity contribution in [2.75, 3.05) is 0 Å². The maximum Gasteiger partial charge on any atom is 0.335 e. The van der Waals surface area contributed by atoms with Crippen molar-refractivity contribution in [3.05, 3.63) is 124 Å². The fourth-order valence-corrected chi connectivity index (χ4v) is 4.40. The van der Waals surface area contributed by atoms with E-state index in [1.807, 2.05) is 48.5 Å². The molecule has 2 N–H and O–H groups in total. The summed E-state index contributed by atoms with van der Waals surface area (Å²) in [4.78, 5) is 14.7. The molecule has 0 fully saturated rings. The van der Waals surface area contributed by atoms with Gasteiger partial charge in [-0.2, -0.15) is 4.39 Å². The molecule has 0 bridgehead atoms. The van der Waals surface area contributed by atoms with Crippen LogP contribution in [-0.2, 0) is 6.42 Å². The zero-order valence-corrected chi connectivity index (χ0v) is 19.4. The lowest BCUT2D eigenvalue weighted by Crippen LogP contribution is -2.08. The summed E-state index contributed by atoms with van der Waals surface area (Å²) < 4.78 is 14.0. The van der Waals surface area contributed by atoms with Crippen molar-refractivity contribution in [1.29, 1.82) is 0 Å². The first kappa shape index (κ1) is 24.1. The highest BCUT2D eigenvalue weighted by Gasteiger charge is 2.21. The molecule has 0 aliphatic heterocycles. The van der Waals surface area contributed by atoms with Crippen LogP contribution >= 0.6 is 11.6 Å². The van der Waals surface area contributed by atoms with Crippen LogP contribution in [0, 0.1) is 5.95 Å². The van der Waals surface area contributed by atoms with E-state index in [9.17, 15) is 9.18 Å². The normalized spacial score (nSPS) is 12.1. The zero-order chi connectivity index (χ0) is 24.8. The van der Waals surface area contributed by atoms with Gasteiger partial charge in [-0.25, -0.2) is 9.78 Å². The van der Waals surface area contributed by atoms with Gasteiger partial charge in [0.05, 0.1) is 16.8 Å². The van der Waals surface area contributed by atoms with Crippen molar-refractivity contribution in [1.82, 2.24) is 4.98 Å². The topological polar surface area (TPSA) is 82.8 Å². The van der Waals surface area contributed by atoms with Gasteiger partial charge in [-0.1, -0.05) is 77.4 Å². The molecule has 0 unspecified atom stereocenters. The highest BCUT2D eigenvalue weighted by atomic mass is 35.5. The van der Waals surface area contributed by atoms with Gasteiger partial charge in [0.15, 0.2) is 0 Å². The van der Waals surface area contributed by atoms with Gasteiger partial charge in [0.25, 0.3) is 0 Å². The van der Waals surface area contributed by atoms with E-state index in [4.69, 9.17) is 21.9 Å². The predicted octanol–water partition coefficient (Wildman–Crippen LogP) is 6.81. The fraction of sp³-hybridized carbons (Fsp3) is 0.107. The molecule has 0 aliphatic carbocycles. The first-order valence-corrected chi connectivity index (χ1v) is 11.3. The maximum absolute atomic E-state index is 14.0. The standard InChI is InChI=1S/C28H22ClFN2O3/c29-26-17-31-27(30)15-25(26)24(23-4-2-1-3-22(23)16-32-35)14-7-18-5-8-19(9-6-18)20-10-12-21(13-11-20)28(33)34/h1-6,8-13,15-17,24,35H,7,14H2,(H,33,34)/b32-16-/t24-/m1/s1. The molecule has 1 aromatic heterocycles. The molecule has 3 aromatic carbocycles. The second-order valence-corrected chi connectivity index (χ2v) is 8.48. The molecule has 7 heteroatoms. The molecule has 0 spiro atoms. The summed E-state index contributed by atoms with van der Waals surface area (Å²) in [5, 5.41) is 21.7. The van der Waals surface area contributed by atoms with Crippen LogP contribution in [0.15, 0.2) is 90.2 Å². The second kappa shape index (κ2) is 10.9. The molecule has 0 saturated heterocycles. The van der Waals surface area contributed by atoms with E-state index >= 15 is 0 Å². The minimum absolute atomic E-state index is 0.245. The number of carboxylic acids is 1. The SMILES string of the molecule is O=C(O)c1ccc(-c2ccc(CC[C@@H](c3cc(F)ncc3Cl)c3ccccc3/C=N\O)cc2)cc1. The number of rotatable bonds is 8. The van der Waals surface area contributed by atoms with E-state index in [0.29, 0.717) is 29.0 Å². The Labute approximate surface area is 207 Å². The summed E-state index contributed by atoms with van der Waals surface area (Å²) >= 11 is 6.42. The van der Waals surface area contributed by atoms with Crippen molar-refractivity contribution < 1.29 is 19.5 Å². The van der Waals surface area contributed by atoms with Gasteiger partial charge in [0.2, 0.25) is 5.95 Å². The number of carbonyl (C=O) groups is 1. The number of aromatic carboxylic acids is 1. The maximum atomic E-state index is 14.0. The Morgan fingerprint density at radius 1 is 1.00 bits per heavy atom. The first-order chi connectivity index (χ1) is 17.0. The lowest BCUT2D eigenvalue weighted by Gasteiger charge is -2.21. The summed E-state index contributed by atoms with van der Waals surface area (Å²) in [6.07, 6.45) is 3.99. The highest BCUT2D eigenvalue weighted by molar-refractivity contribution is 6.31. The van der Waals surface area contributed by atoms with Crippen molar-refractivity contribution in [3.63, 3.8) is 0 Å². The molecule has 0 aliphatic rings. The Kier molecular flexibility index (Phi) is 7.53. The summed E-state index contributed by atoms with van der Waals surface area (Å²) in [5.41, 5.74) is 5.44. The number of hydrogen-bond acceptors (Lipinski definition) is 4. The Morgan fingerprint density at radius 3 is 2.31 bits per heavy atom. The molecule has 0 radical (unpaired) electrons. The fourth-order valence-electron chi connectivity index (χ4n) is 4.16. The molecular weight excluding hydrogens is 467 g/mol. The highest BCUT2D eigenvalue weighted by Crippen LogP contribution is 2.35. The third-order valence-corrected chi connectivity index (χ3v) is 6.25. The predicted molar refractivity (Wildman–Crippen MR) is 134 cm³/mol. The van der Waals surface area contributed by atoms with Crippen LogP contribution in [0.4, 0.5) is 4.39 Å². The van der Waals surface area contributed by atoms with Gasteiger partial charge in [-0.3, -0.25) is 0 Å². The lowest BCUT2D eigenvalue weighted by molar-refractivity contribution is 0.0697. The Bertz CT molecular complexity index is 1360. The van der Waals surface area contributed by atoms with E-state index in [-0.39, 0.29) is 11.5 Å². The monoisotopic (exact) mass is 488 g/mol. The second-order valence-electron chi connectivity index (χ2n) is 8.07. The summed E-state index contributed by atoms with van der Waals surface area (Å²) in [6.45, 7) is 0. The van der Waals surface area contributed by atoms with E-state index in [2.05, 4.69) is 10.1 Å². The number of benzene rings is 3. The van der Waals surface area contributed by atoms with Crippen molar-refractivity contribution >= 4 is 23.8 Å². The van der Waals surface area contributed by atoms with E-state index < -0.39 is 11.9 Å². The average Bonchev–Trinajstić information content (AvgIpc) is 2.87. The van der Waals surface area contributed by atoms with Crippen LogP contribution in [0.2, 0.25) is 5.02 Å². The molecule has 4 aromatic rings. The van der Waals surface area contributed by atoms with E-state index in [1.54, 1.807) is 24.3 Å². The van der Waals surface area contributed by atoms with Crippen molar-refractivity contribution in [2.24, 2.45) is 5.16 Å². The number of halogens is 2. The molecule has 176 valence electrons. The van der Waals surface area contributed by atoms with Crippen molar-refractivity contribution in [3.8, 4) is 11.1 Å². The Morgan fingerprint density at radius 2 is 1.66 bits per heavy atom. The number of carboxylic acid groups (broad SMARTS) is 1. The van der Waals surface area contributed by atoms with Gasteiger partial charge in [0, 0.05) is 12.1 Å². The summed E-state index contributed by atoms with van der Waals surface area (Å²) in [6, 6.07) is 23.6. The number of nitrogens with zero attached hydrogens (tertiary/aromatic N) is 2.